The smallest absolute Gasteiger partial charge is 0.317 e. The Morgan fingerprint density at radius 3 is 3.00 bits per heavy atom. The van der Waals surface area contributed by atoms with Crippen molar-refractivity contribution in [1.29, 1.82) is 0 Å². The lowest BCUT2D eigenvalue weighted by atomic mass is 10.4. The average molecular weight is 312 g/mol. The fraction of sp³-hybridized carbons (Fsp3) is 0.714. The van der Waals surface area contributed by atoms with Crippen LogP contribution in [0, 0.1) is 6.92 Å². The van der Waals surface area contributed by atoms with Crippen molar-refractivity contribution in [1.82, 2.24) is 20.1 Å². The molecule has 2 rings (SSSR count). The monoisotopic (exact) mass is 312 g/mol. The van der Waals surface area contributed by atoms with Gasteiger partial charge in [0.05, 0.1) is 23.9 Å². The summed E-state index contributed by atoms with van der Waals surface area (Å²) in [5.41, 5.74) is 0.933. The molecule has 6 nitrogen and oxygen atoms in total. The summed E-state index contributed by atoms with van der Waals surface area (Å²) in [5, 5.41) is 5.98. The summed E-state index contributed by atoms with van der Waals surface area (Å²) in [4.78, 5) is 20.8. The minimum absolute atomic E-state index is 0.00856. The molecule has 1 fully saturated rings. The van der Waals surface area contributed by atoms with Gasteiger partial charge in [-0.3, -0.25) is 4.90 Å². The summed E-state index contributed by atoms with van der Waals surface area (Å²) in [6.45, 7) is 7.67. The first kappa shape index (κ1) is 16.2. The maximum absolute atomic E-state index is 12.2. The van der Waals surface area contributed by atoms with E-state index in [1.54, 1.807) is 18.4 Å². The number of methoxy groups -OCH3 is 1. The topological polar surface area (TPSA) is 57.7 Å². The van der Waals surface area contributed by atoms with Crippen molar-refractivity contribution in [3.8, 4) is 0 Å². The first-order chi connectivity index (χ1) is 10.2. The minimum atomic E-state index is 0.00856. The van der Waals surface area contributed by atoms with Crippen LogP contribution in [0.5, 0.6) is 0 Å². The molecule has 0 aromatic carbocycles. The Hall–Kier alpha value is -1.18. The van der Waals surface area contributed by atoms with Crippen LogP contribution in [0.3, 0.4) is 0 Å². The van der Waals surface area contributed by atoms with E-state index in [-0.39, 0.29) is 6.03 Å². The predicted octanol–water partition coefficient (Wildman–Crippen LogP) is 1.32. The Kier molecular flexibility index (Phi) is 6.41. The SMILES string of the molecule is COCCN1CCCN(C(=O)NCc2csc(C)n2)CC1. The van der Waals surface area contributed by atoms with Gasteiger partial charge < -0.3 is 15.0 Å². The van der Waals surface area contributed by atoms with Crippen molar-refractivity contribution in [3.05, 3.63) is 16.1 Å². The lowest BCUT2D eigenvalue weighted by molar-refractivity contribution is 0.149. The number of urea groups is 1. The maximum atomic E-state index is 12.2. The summed E-state index contributed by atoms with van der Waals surface area (Å²) in [6, 6.07) is 0.00856. The van der Waals surface area contributed by atoms with Crippen molar-refractivity contribution in [2.24, 2.45) is 0 Å². The van der Waals surface area contributed by atoms with Gasteiger partial charge in [-0.2, -0.15) is 0 Å². The lowest BCUT2D eigenvalue weighted by Crippen LogP contribution is -2.42. The lowest BCUT2D eigenvalue weighted by Gasteiger charge is -2.22. The van der Waals surface area contributed by atoms with Crippen molar-refractivity contribution in [2.45, 2.75) is 19.9 Å². The summed E-state index contributed by atoms with van der Waals surface area (Å²) in [6.07, 6.45) is 1.01. The number of nitrogens with zero attached hydrogens (tertiary/aromatic N) is 3. The third-order valence-electron chi connectivity index (χ3n) is 3.57. The van der Waals surface area contributed by atoms with E-state index in [0.717, 1.165) is 56.5 Å². The fourth-order valence-electron chi connectivity index (χ4n) is 2.39. The van der Waals surface area contributed by atoms with Crippen molar-refractivity contribution < 1.29 is 9.53 Å². The van der Waals surface area contributed by atoms with Crippen molar-refractivity contribution in [3.63, 3.8) is 0 Å². The van der Waals surface area contributed by atoms with Crippen molar-refractivity contribution >= 4 is 17.4 Å². The van der Waals surface area contributed by atoms with Crippen LogP contribution in [-0.4, -0.2) is 67.3 Å². The molecule has 0 bridgehead atoms. The fourth-order valence-corrected chi connectivity index (χ4v) is 3.00. The molecule has 0 spiro atoms. The number of nitrogens with one attached hydrogen (secondary N) is 1. The molecule has 2 amide bonds. The molecule has 1 aromatic rings. The molecule has 0 atom stereocenters. The second kappa shape index (κ2) is 8.31. The van der Waals surface area contributed by atoms with E-state index in [9.17, 15) is 4.79 Å². The molecule has 1 aliphatic rings. The Bertz CT molecular complexity index is 452. The Morgan fingerprint density at radius 1 is 1.43 bits per heavy atom. The predicted molar refractivity (Wildman–Crippen MR) is 83.6 cm³/mol. The highest BCUT2D eigenvalue weighted by Gasteiger charge is 2.18. The molecular formula is C14H24N4O2S. The Morgan fingerprint density at radius 2 is 2.29 bits per heavy atom. The maximum Gasteiger partial charge on any atom is 0.317 e. The Labute approximate surface area is 130 Å². The second-order valence-corrected chi connectivity index (χ2v) is 6.25. The molecule has 1 N–H and O–H groups in total. The van der Waals surface area contributed by atoms with Gasteiger partial charge in [0.1, 0.15) is 0 Å². The van der Waals surface area contributed by atoms with Gasteiger partial charge in [-0.1, -0.05) is 0 Å². The molecular weight excluding hydrogens is 288 g/mol. The molecule has 1 aliphatic heterocycles. The van der Waals surface area contributed by atoms with Crippen molar-refractivity contribution in [2.75, 3.05) is 46.4 Å². The number of ether oxygens (including phenoxy) is 1. The second-order valence-electron chi connectivity index (χ2n) is 5.19. The zero-order chi connectivity index (χ0) is 15.1. The molecule has 0 radical (unpaired) electrons. The highest BCUT2D eigenvalue weighted by atomic mass is 32.1. The largest absolute Gasteiger partial charge is 0.383 e. The molecule has 7 heteroatoms. The van der Waals surface area contributed by atoms with Gasteiger partial charge in [0.2, 0.25) is 0 Å². The van der Waals surface area contributed by atoms with E-state index in [0.29, 0.717) is 6.54 Å². The average Bonchev–Trinajstić information content (AvgIpc) is 2.75. The molecule has 0 aliphatic carbocycles. The quantitative estimate of drug-likeness (QED) is 0.891. The van der Waals surface area contributed by atoms with Crippen LogP contribution in [0.1, 0.15) is 17.1 Å². The van der Waals surface area contributed by atoms with Crippen LogP contribution in [0.15, 0.2) is 5.38 Å². The van der Waals surface area contributed by atoms with Gasteiger partial charge in [-0.05, 0) is 19.9 Å². The van der Waals surface area contributed by atoms with E-state index in [1.807, 2.05) is 17.2 Å². The highest BCUT2D eigenvalue weighted by Crippen LogP contribution is 2.08. The molecule has 0 unspecified atom stereocenters. The van der Waals surface area contributed by atoms with Gasteiger partial charge in [-0.15, -0.1) is 11.3 Å². The van der Waals surface area contributed by atoms with Gasteiger partial charge >= 0.3 is 6.03 Å². The minimum Gasteiger partial charge on any atom is -0.383 e. The molecule has 1 aromatic heterocycles. The summed E-state index contributed by atoms with van der Waals surface area (Å²) in [5.74, 6) is 0. The van der Waals surface area contributed by atoms with Crippen LogP contribution in [0.25, 0.3) is 0 Å². The number of carbonyl (C=O) groups excluding carboxylic acids is 1. The number of hydrogen-bond acceptors (Lipinski definition) is 5. The Balaban J connectivity index is 1.74. The molecule has 2 heterocycles. The van der Waals surface area contributed by atoms with E-state index in [2.05, 4.69) is 15.2 Å². The van der Waals surface area contributed by atoms with Gasteiger partial charge in [0.15, 0.2) is 0 Å². The van der Waals surface area contributed by atoms with E-state index >= 15 is 0 Å². The zero-order valence-electron chi connectivity index (χ0n) is 12.8. The molecule has 0 saturated carbocycles. The third-order valence-corrected chi connectivity index (χ3v) is 4.40. The zero-order valence-corrected chi connectivity index (χ0v) is 13.6. The standard InChI is InChI=1S/C14H24N4O2S/c1-12-16-13(11-21-12)10-15-14(19)18-5-3-4-17(6-7-18)8-9-20-2/h11H,3-10H2,1-2H3,(H,15,19). The first-order valence-corrected chi connectivity index (χ1v) is 8.22. The number of aromatic nitrogens is 1. The van der Waals surface area contributed by atoms with Gasteiger partial charge in [-0.25, -0.2) is 9.78 Å². The third kappa shape index (κ3) is 5.26. The van der Waals surface area contributed by atoms with Crippen LogP contribution >= 0.6 is 11.3 Å². The number of rotatable bonds is 5. The summed E-state index contributed by atoms with van der Waals surface area (Å²) in [7, 11) is 1.72. The van der Waals surface area contributed by atoms with Crippen LogP contribution in [0.2, 0.25) is 0 Å². The molecule has 1 saturated heterocycles. The van der Waals surface area contributed by atoms with E-state index in [1.165, 1.54) is 0 Å². The normalized spacial score (nSPS) is 16.8. The molecule has 21 heavy (non-hydrogen) atoms. The van der Waals surface area contributed by atoms with Crippen LogP contribution in [0.4, 0.5) is 4.79 Å². The van der Waals surface area contributed by atoms with E-state index < -0.39 is 0 Å². The number of carbonyl (C=O) groups is 1. The number of hydrogen-bond donors (Lipinski definition) is 1. The number of thiazole rings is 1. The summed E-state index contributed by atoms with van der Waals surface area (Å²) < 4.78 is 5.11. The van der Waals surface area contributed by atoms with Crippen LogP contribution in [-0.2, 0) is 11.3 Å². The first-order valence-electron chi connectivity index (χ1n) is 7.34. The van der Waals surface area contributed by atoms with Gasteiger partial charge in [0.25, 0.3) is 0 Å². The highest BCUT2D eigenvalue weighted by molar-refractivity contribution is 7.09. The van der Waals surface area contributed by atoms with Gasteiger partial charge in [0, 0.05) is 38.7 Å². The molecule has 118 valence electrons. The van der Waals surface area contributed by atoms with Crippen LogP contribution < -0.4 is 5.32 Å². The van der Waals surface area contributed by atoms with E-state index in [4.69, 9.17) is 4.74 Å². The number of amides is 2. The summed E-state index contributed by atoms with van der Waals surface area (Å²) >= 11 is 1.61. The number of aryl methyl sites for hydroxylation is 1.